The van der Waals surface area contributed by atoms with Gasteiger partial charge in [0.05, 0.1) is 23.8 Å². The Morgan fingerprint density at radius 3 is 2.81 bits per heavy atom. The highest BCUT2D eigenvalue weighted by Gasteiger charge is 2.13. The summed E-state index contributed by atoms with van der Waals surface area (Å²) < 4.78 is 5.34. The van der Waals surface area contributed by atoms with Crippen LogP contribution in [-0.4, -0.2) is 39.7 Å². The average molecular weight is 361 g/mol. The predicted octanol–water partition coefficient (Wildman–Crippen LogP) is 2.93. The first-order valence-electron chi connectivity index (χ1n) is 8.65. The van der Waals surface area contributed by atoms with E-state index < -0.39 is 0 Å². The Hall–Kier alpha value is -3.61. The zero-order valence-corrected chi connectivity index (χ0v) is 14.8. The van der Waals surface area contributed by atoms with E-state index in [9.17, 15) is 4.79 Å². The van der Waals surface area contributed by atoms with Gasteiger partial charge in [0.1, 0.15) is 17.3 Å². The van der Waals surface area contributed by atoms with Gasteiger partial charge in [0.15, 0.2) is 0 Å². The molecular weight excluding hydrogens is 342 g/mol. The third-order valence-electron chi connectivity index (χ3n) is 4.29. The van der Waals surface area contributed by atoms with E-state index in [2.05, 4.69) is 25.5 Å². The van der Waals surface area contributed by atoms with Crippen LogP contribution in [0.5, 0.6) is 5.75 Å². The number of hydrogen-bond acceptors (Lipinski definition) is 4. The van der Waals surface area contributed by atoms with Gasteiger partial charge in [-0.2, -0.15) is 5.10 Å². The van der Waals surface area contributed by atoms with Crippen LogP contribution < -0.4 is 10.1 Å². The maximum Gasteiger partial charge on any atom is 0.269 e. The lowest BCUT2D eigenvalue weighted by atomic mass is 10.1. The molecular formula is C20H19N5O2. The Bertz CT molecular complexity index is 1050. The number of para-hydroxylation sites is 3. The standard InChI is InChI=1S/C20H19N5O2/c1-27-18-9-5-2-6-13(18)16-12-17(25-24-16)20(26)21-11-10-19-22-14-7-3-4-8-15(14)23-19/h2-9,12H,10-11H2,1H3,(H,21,26)(H,22,23)(H,24,25). The van der Waals surface area contributed by atoms with Crippen molar-refractivity contribution >= 4 is 16.9 Å². The largest absolute Gasteiger partial charge is 0.496 e. The number of nitrogens with zero attached hydrogens (tertiary/aromatic N) is 2. The molecule has 0 aliphatic heterocycles. The van der Waals surface area contributed by atoms with Crippen LogP contribution in [0.4, 0.5) is 0 Å². The van der Waals surface area contributed by atoms with Crippen molar-refractivity contribution < 1.29 is 9.53 Å². The first-order chi connectivity index (χ1) is 13.2. The van der Waals surface area contributed by atoms with Crippen molar-refractivity contribution in [3.05, 3.63) is 66.1 Å². The summed E-state index contributed by atoms with van der Waals surface area (Å²) in [5.41, 5.74) is 3.82. The van der Waals surface area contributed by atoms with Gasteiger partial charge < -0.3 is 15.0 Å². The Labute approximate surface area is 155 Å². The van der Waals surface area contributed by atoms with Crippen LogP contribution in [0, 0.1) is 0 Å². The predicted molar refractivity (Wildman–Crippen MR) is 103 cm³/mol. The minimum atomic E-state index is -0.209. The molecule has 0 spiro atoms. The minimum Gasteiger partial charge on any atom is -0.496 e. The number of hydrogen-bond donors (Lipinski definition) is 3. The minimum absolute atomic E-state index is 0.209. The molecule has 1 amide bonds. The fraction of sp³-hybridized carbons (Fsp3) is 0.150. The summed E-state index contributed by atoms with van der Waals surface area (Å²) in [5.74, 6) is 1.34. The second-order valence-corrected chi connectivity index (χ2v) is 6.07. The lowest BCUT2D eigenvalue weighted by molar-refractivity contribution is 0.0949. The van der Waals surface area contributed by atoms with E-state index in [1.165, 1.54) is 0 Å². The summed E-state index contributed by atoms with van der Waals surface area (Å²) >= 11 is 0. The molecule has 0 aliphatic rings. The van der Waals surface area contributed by atoms with Crippen molar-refractivity contribution in [2.45, 2.75) is 6.42 Å². The molecule has 3 N–H and O–H groups in total. The average Bonchev–Trinajstić information content (AvgIpc) is 3.34. The summed E-state index contributed by atoms with van der Waals surface area (Å²) in [4.78, 5) is 20.1. The SMILES string of the molecule is COc1ccccc1-c1cc(C(=O)NCCc2nc3ccccc3[nH]2)[nH]n1. The van der Waals surface area contributed by atoms with Crippen LogP contribution in [-0.2, 0) is 6.42 Å². The molecule has 4 aromatic rings. The van der Waals surface area contributed by atoms with E-state index in [0.29, 0.717) is 30.1 Å². The number of aromatic amines is 2. The molecule has 0 atom stereocenters. The van der Waals surface area contributed by atoms with Gasteiger partial charge in [-0.1, -0.05) is 24.3 Å². The van der Waals surface area contributed by atoms with Crippen LogP contribution in [0.15, 0.2) is 54.6 Å². The number of carbonyl (C=O) groups excluding carboxylic acids is 1. The highest BCUT2D eigenvalue weighted by molar-refractivity contribution is 5.93. The third-order valence-corrected chi connectivity index (χ3v) is 4.29. The van der Waals surface area contributed by atoms with Crippen LogP contribution in [0.1, 0.15) is 16.3 Å². The van der Waals surface area contributed by atoms with Gasteiger partial charge in [-0.05, 0) is 30.3 Å². The van der Waals surface area contributed by atoms with E-state index in [1.807, 2.05) is 48.5 Å². The van der Waals surface area contributed by atoms with Crippen molar-refractivity contribution in [1.29, 1.82) is 0 Å². The molecule has 0 radical (unpaired) electrons. The zero-order valence-electron chi connectivity index (χ0n) is 14.8. The highest BCUT2D eigenvalue weighted by Crippen LogP contribution is 2.28. The molecule has 0 saturated heterocycles. The van der Waals surface area contributed by atoms with Gasteiger partial charge in [0.25, 0.3) is 5.91 Å². The smallest absolute Gasteiger partial charge is 0.269 e. The number of rotatable bonds is 6. The number of H-pyrrole nitrogens is 2. The molecule has 7 heteroatoms. The fourth-order valence-corrected chi connectivity index (χ4v) is 2.95. The topological polar surface area (TPSA) is 95.7 Å². The number of nitrogens with one attached hydrogen (secondary N) is 3. The summed E-state index contributed by atoms with van der Waals surface area (Å²) in [7, 11) is 1.61. The maximum atomic E-state index is 12.4. The van der Waals surface area contributed by atoms with Gasteiger partial charge in [-0.3, -0.25) is 9.89 Å². The van der Waals surface area contributed by atoms with Gasteiger partial charge >= 0.3 is 0 Å². The quantitative estimate of drug-likeness (QED) is 0.492. The third kappa shape index (κ3) is 3.52. The number of methoxy groups -OCH3 is 1. The molecule has 2 aromatic heterocycles. The van der Waals surface area contributed by atoms with E-state index in [1.54, 1.807) is 13.2 Å². The summed E-state index contributed by atoms with van der Waals surface area (Å²) in [6.45, 7) is 0.474. The Kier molecular flexibility index (Phi) is 4.57. The molecule has 4 rings (SSSR count). The van der Waals surface area contributed by atoms with E-state index >= 15 is 0 Å². The van der Waals surface area contributed by atoms with Gasteiger partial charge in [-0.25, -0.2) is 4.98 Å². The van der Waals surface area contributed by atoms with Crippen molar-refractivity contribution in [3.8, 4) is 17.0 Å². The maximum absolute atomic E-state index is 12.4. The molecule has 27 heavy (non-hydrogen) atoms. The van der Waals surface area contributed by atoms with Crippen molar-refractivity contribution in [2.24, 2.45) is 0 Å². The van der Waals surface area contributed by atoms with Crippen LogP contribution in [0.2, 0.25) is 0 Å². The van der Waals surface area contributed by atoms with Crippen LogP contribution >= 0.6 is 0 Å². The lowest BCUT2D eigenvalue weighted by Gasteiger charge is -2.04. The first-order valence-corrected chi connectivity index (χ1v) is 8.65. The second-order valence-electron chi connectivity index (χ2n) is 6.07. The Morgan fingerprint density at radius 2 is 1.96 bits per heavy atom. The molecule has 136 valence electrons. The van der Waals surface area contributed by atoms with Crippen LogP contribution in [0.3, 0.4) is 0 Å². The monoisotopic (exact) mass is 361 g/mol. The van der Waals surface area contributed by atoms with E-state index in [-0.39, 0.29) is 5.91 Å². The van der Waals surface area contributed by atoms with Crippen molar-refractivity contribution in [3.63, 3.8) is 0 Å². The van der Waals surface area contributed by atoms with Crippen LogP contribution in [0.25, 0.3) is 22.3 Å². The second kappa shape index (κ2) is 7.33. The van der Waals surface area contributed by atoms with E-state index in [0.717, 1.165) is 22.4 Å². The normalized spacial score (nSPS) is 10.9. The zero-order chi connectivity index (χ0) is 18.6. The molecule has 7 nitrogen and oxygen atoms in total. The molecule has 0 unspecified atom stereocenters. The Balaban J connectivity index is 1.39. The number of imidazole rings is 1. The molecule has 0 bridgehead atoms. The van der Waals surface area contributed by atoms with Crippen molar-refractivity contribution in [2.75, 3.05) is 13.7 Å². The first kappa shape index (κ1) is 16.8. The van der Waals surface area contributed by atoms with Gasteiger partial charge in [0, 0.05) is 18.5 Å². The lowest BCUT2D eigenvalue weighted by Crippen LogP contribution is -2.26. The number of aromatic nitrogens is 4. The molecule has 0 aliphatic carbocycles. The van der Waals surface area contributed by atoms with Crippen molar-refractivity contribution in [1.82, 2.24) is 25.5 Å². The molecule has 0 fully saturated rings. The molecule has 2 aromatic carbocycles. The molecule has 0 saturated carbocycles. The number of ether oxygens (including phenoxy) is 1. The van der Waals surface area contributed by atoms with Gasteiger partial charge in [0.2, 0.25) is 0 Å². The summed E-state index contributed by atoms with van der Waals surface area (Å²) in [6, 6.07) is 17.1. The summed E-state index contributed by atoms with van der Waals surface area (Å²) in [6.07, 6.45) is 0.619. The molecule has 2 heterocycles. The number of carbonyl (C=O) groups is 1. The fourth-order valence-electron chi connectivity index (χ4n) is 2.95. The Morgan fingerprint density at radius 1 is 1.15 bits per heavy atom. The van der Waals surface area contributed by atoms with Gasteiger partial charge in [-0.15, -0.1) is 0 Å². The number of fused-ring (bicyclic) bond motifs is 1. The highest BCUT2D eigenvalue weighted by atomic mass is 16.5. The summed E-state index contributed by atoms with van der Waals surface area (Å²) in [5, 5.41) is 9.90. The number of benzene rings is 2. The van der Waals surface area contributed by atoms with E-state index in [4.69, 9.17) is 4.74 Å². The number of amides is 1.